The number of rotatable bonds is 8. The predicted molar refractivity (Wildman–Crippen MR) is 95.0 cm³/mol. The Morgan fingerprint density at radius 2 is 2.00 bits per heavy atom. The number of nitrogens with zero attached hydrogens (tertiary/aromatic N) is 2. The van der Waals surface area contributed by atoms with Crippen molar-refractivity contribution in [1.82, 2.24) is 4.90 Å². The van der Waals surface area contributed by atoms with E-state index in [1.54, 1.807) is 17.0 Å². The quantitative estimate of drug-likeness (QED) is 0.696. The summed E-state index contributed by atoms with van der Waals surface area (Å²) in [6, 6.07) is 4.63. The molecule has 1 aromatic carbocycles. The van der Waals surface area contributed by atoms with Gasteiger partial charge in [-0.2, -0.15) is 8.78 Å². The summed E-state index contributed by atoms with van der Waals surface area (Å²) in [6.07, 6.45) is 0.922. The summed E-state index contributed by atoms with van der Waals surface area (Å²) in [7, 11) is 0. The molecule has 0 spiro atoms. The molecule has 8 heteroatoms. The second kappa shape index (κ2) is 9.00. The van der Waals surface area contributed by atoms with Crippen LogP contribution in [0.1, 0.15) is 32.3 Å². The third-order valence-corrected chi connectivity index (χ3v) is 4.53. The molecule has 1 aliphatic rings. The first-order chi connectivity index (χ1) is 12.8. The number of alkyl halides is 2. The Morgan fingerprint density at radius 1 is 1.33 bits per heavy atom. The molecule has 0 radical (unpaired) electrons. The van der Waals surface area contributed by atoms with E-state index in [4.69, 9.17) is 16.4 Å². The number of carboxylic acids is 1. The molecular formula is C19H24F2N2O4. The van der Waals surface area contributed by atoms with Gasteiger partial charge in [-0.15, -0.1) is 0 Å². The van der Waals surface area contributed by atoms with Crippen LogP contribution < -0.4 is 9.47 Å². The molecule has 0 bridgehead atoms. The number of hydrogen-bond donors (Lipinski definition) is 1. The third-order valence-electron chi connectivity index (χ3n) is 4.53. The Labute approximate surface area is 157 Å². The monoisotopic (exact) mass is 382 g/mol. The van der Waals surface area contributed by atoms with Crippen molar-refractivity contribution in [3.8, 4) is 11.5 Å². The van der Waals surface area contributed by atoms with E-state index in [0.29, 0.717) is 38.1 Å². The van der Waals surface area contributed by atoms with Crippen molar-refractivity contribution in [2.24, 2.45) is 5.92 Å². The second-order valence-corrected chi connectivity index (χ2v) is 7.06. The van der Waals surface area contributed by atoms with Crippen molar-refractivity contribution >= 4 is 5.97 Å². The van der Waals surface area contributed by atoms with Crippen molar-refractivity contribution in [3.05, 3.63) is 35.2 Å². The van der Waals surface area contributed by atoms with E-state index in [2.05, 4.69) is 9.58 Å². The maximum Gasteiger partial charge on any atom is 0.387 e. The van der Waals surface area contributed by atoms with Gasteiger partial charge in [0.1, 0.15) is 0 Å². The average molecular weight is 382 g/mol. The van der Waals surface area contributed by atoms with E-state index in [0.717, 1.165) is 0 Å². The Morgan fingerprint density at radius 3 is 2.52 bits per heavy atom. The molecule has 1 N–H and O–H groups in total. The zero-order valence-corrected chi connectivity index (χ0v) is 15.5. The normalized spacial score (nSPS) is 16.9. The fraction of sp³-hybridized carbons (Fsp3) is 0.579. The molecule has 2 rings (SSSR count). The fourth-order valence-corrected chi connectivity index (χ4v) is 3.10. The van der Waals surface area contributed by atoms with Crippen LogP contribution in [0.2, 0.25) is 0 Å². The van der Waals surface area contributed by atoms with Crippen LogP contribution >= 0.6 is 0 Å². The number of benzene rings is 1. The first-order valence-electron chi connectivity index (χ1n) is 8.80. The lowest BCUT2D eigenvalue weighted by molar-refractivity contribution is -0.138. The van der Waals surface area contributed by atoms with Gasteiger partial charge in [-0.3, -0.25) is 9.69 Å². The zero-order valence-electron chi connectivity index (χ0n) is 15.5. The standard InChI is InChI=1S/C19H24F2N2O4/c1-13(2)12-26-16-10-14(4-5-15(16)27-18(20)21)19(22-3)6-8-23(9-7-19)11-17(24)25/h4-5,10,13,18H,6-9,11-12H2,1-2H3,(H,24,25). The minimum absolute atomic E-state index is 0.0575. The Kier molecular flexibility index (Phi) is 6.97. The van der Waals surface area contributed by atoms with Crippen LogP contribution in [0.15, 0.2) is 18.2 Å². The third kappa shape index (κ3) is 5.54. The highest BCUT2D eigenvalue weighted by atomic mass is 19.3. The van der Waals surface area contributed by atoms with Gasteiger partial charge in [0.25, 0.3) is 5.54 Å². The number of carbonyl (C=O) groups is 1. The molecule has 1 heterocycles. The molecule has 0 aromatic heterocycles. The van der Waals surface area contributed by atoms with Crippen molar-refractivity contribution in [1.29, 1.82) is 0 Å². The van der Waals surface area contributed by atoms with Crippen molar-refractivity contribution in [2.75, 3.05) is 26.2 Å². The van der Waals surface area contributed by atoms with E-state index >= 15 is 0 Å². The highest BCUT2D eigenvalue weighted by Crippen LogP contribution is 2.41. The highest BCUT2D eigenvalue weighted by molar-refractivity contribution is 5.69. The molecule has 1 aromatic rings. The molecule has 1 saturated heterocycles. The van der Waals surface area contributed by atoms with Crippen LogP contribution in [0.5, 0.6) is 11.5 Å². The molecule has 6 nitrogen and oxygen atoms in total. The smallest absolute Gasteiger partial charge is 0.387 e. The largest absolute Gasteiger partial charge is 0.489 e. The van der Waals surface area contributed by atoms with Crippen LogP contribution in [0.4, 0.5) is 8.78 Å². The van der Waals surface area contributed by atoms with Crippen LogP contribution in [0.3, 0.4) is 0 Å². The summed E-state index contributed by atoms with van der Waals surface area (Å²) < 4.78 is 35.5. The lowest BCUT2D eigenvalue weighted by atomic mass is 9.81. The Hall–Kier alpha value is -2.40. The van der Waals surface area contributed by atoms with Crippen molar-refractivity contribution in [2.45, 2.75) is 38.8 Å². The Bertz CT molecular complexity index is 695. The van der Waals surface area contributed by atoms with Crippen LogP contribution in [-0.2, 0) is 10.3 Å². The van der Waals surface area contributed by atoms with Crippen molar-refractivity contribution in [3.63, 3.8) is 0 Å². The first kappa shape index (κ1) is 20.9. The summed E-state index contributed by atoms with van der Waals surface area (Å²) in [5.41, 5.74) is -0.151. The summed E-state index contributed by atoms with van der Waals surface area (Å²) in [5.74, 6) is -0.569. The van der Waals surface area contributed by atoms with Gasteiger partial charge in [-0.05, 0) is 24.1 Å². The van der Waals surface area contributed by atoms with E-state index in [-0.39, 0.29) is 24.0 Å². The molecule has 0 unspecified atom stereocenters. The van der Waals surface area contributed by atoms with Gasteiger partial charge in [0, 0.05) is 31.5 Å². The van der Waals surface area contributed by atoms with E-state index in [9.17, 15) is 13.6 Å². The molecule has 27 heavy (non-hydrogen) atoms. The molecule has 0 amide bonds. The second-order valence-electron chi connectivity index (χ2n) is 7.06. The molecule has 0 aliphatic carbocycles. The van der Waals surface area contributed by atoms with Gasteiger partial charge >= 0.3 is 12.6 Å². The van der Waals surface area contributed by atoms with Gasteiger partial charge in [0.2, 0.25) is 0 Å². The molecule has 0 saturated carbocycles. The molecule has 148 valence electrons. The first-order valence-corrected chi connectivity index (χ1v) is 8.80. The molecule has 0 atom stereocenters. The van der Waals surface area contributed by atoms with Gasteiger partial charge in [-0.25, -0.2) is 6.57 Å². The summed E-state index contributed by atoms with van der Waals surface area (Å²) >= 11 is 0. The maximum atomic E-state index is 12.7. The van der Waals surface area contributed by atoms with Gasteiger partial charge < -0.3 is 19.4 Å². The fourth-order valence-electron chi connectivity index (χ4n) is 3.10. The van der Waals surface area contributed by atoms with Gasteiger partial charge in [0.05, 0.1) is 13.2 Å². The Balaban J connectivity index is 2.26. The molecule has 1 aliphatic heterocycles. The molecule has 1 fully saturated rings. The van der Waals surface area contributed by atoms with Gasteiger partial charge in [-0.1, -0.05) is 13.8 Å². The number of aliphatic carboxylic acids is 1. The SMILES string of the molecule is [C-]#[N+]C1(c2ccc(OC(F)F)c(OCC(C)C)c2)CCN(CC(=O)O)CC1. The number of piperidine rings is 1. The lowest BCUT2D eigenvalue weighted by Crippen LogP contribution is -2.43. The maximum absolute atomic E-state index is 12.7. The number of ether oxygens (including phenoxy) is 2. The van der Waals surface area contributed by atoms with E-state index in [1.165, 1.54) is 6.07 Å². The summed E-state index contributed by atoms with van der Waals surface area (Å²) in [6.45, 7) is 9.84. The summed E-state index contributed by atoms with van der Waals surface area (Å²) in [5, 5.41) is 8.92. The predicted octanol–water partition coefficient (Wildman–Crippen LogP) is 3.62. The van der Waals surface area contributed by atoms with Crippen LogP contribution in [0, 0.1) is 12.5 Å². The molecular weight excluding hydrogens is 358 g/mol. The van der Waals surface area contributed by atoms with Crippen molar-refractivity contribution < 1.29 is 28.2 Å². The zero-order chi connectivity index (χ0) is 20.0. The highest BCUT2D eigenvalue weighted by Gasteiger charge is 2.43. The number of hydrogen-bond acceptors (Lipinski definition) is 4. The minimum atomic E-state index is -2.97. The lowest BCUT2D eigenvalue weighted by Gasteiger charge is -2.33. The number of likely N-dealkylation sites (tertiary alicyclic amines) is 1. The van der Waals surface area contributed by atoms with Crippen LogP contribution in [-0.4, -0.2) is 48.8 Å². The van der Waals surface area contributed by atoms with Gasteiger partial charge in [0.15, 0.2) is 11.5 Å². The minimum Gasteiger partial charge on any atom is -0.489 e. The number of carboxylic acid groups (broad SMARTS) is 1. The van der Waals surface area contributed by atoms with E-state index in [1.807, 2.05) is 13.8 Å². The average Bonchev–Trinajstić information content (AvgIpc) is 2.61. The van der Waals surface area contributed by atoms with E-state index < -0.39 is 18.1 Å². The van der Waals surface area contributed by atoms with Crippen LogP contribution in [0.25, 0.3) is 4.85 Å². The summed E-state index contributed by atoms with van der Waals surface area (Å²) in [4.78, 5) is 16.5. The topological polar surface area (TPSA) is 63.4 Å². The number of halogens is 2.